The van der Waals surface area contributed by atoms with E-state index in [-0.39, 0.29) is 5.41 Å². The lowest BCUT2D eigenvalue weighted by Gasteiger charge is -2.07. The highest BCUT2D eigenvalue weighted by atomic mass is 15.3. The van der Waals surface area contributed by atoms with Crippen molar-refractivity contribution in [2.24, 2.45) is 0 Å². The van der Waals surface area contributed by atoms with Gasteiger partial charge in [0.1, 0.15) is 0 Å². The van der Waals surface area contributed by atoms with Crippen LogP contribution in [0.15, 0.2) is 24.9 Å². The van der Waals surface area contributed by atoms with Crippen LogP contribution in [-0.4, -0.2) is 9.78 Å². The largest absolute Gasteiger partial charge is 0.264 e. The zero-order chi connectivity index (χ0) is 9.31. The third-order valence-electron chi connectivity index (χ3n) is 2.47. The van der Waals surface area contributed by atoms with E-state index >= 15 is 0 Å². The molecule has 1 aliphatic carbocycles. The summed E-state index contributed by atoms with van der Waals surface area (Å²) in [6.07, 6.45) is 5.47. The third kappa shape index (κ3) is 1.15. The molecule has 0 atom stereocenters. The van der Waals surface area contributed by atoms with Gasteiger partial charge < -0.3 is 0 Å². The van der Waals surface area contributed by atoms with E-state index < -0.39 is 0 Å². The van der Waals surface area contributed by atoms with Crippen LogP contribution in [0.2, 0.25) is 0 Å². The summed E-state index contributed by atoms with van der Waals surface area (Å²) in [5.74, 6) is 0. The number of aromatic nitrogens is 2. The van der Waals surface area contributed by atoms with Crippen LogP contribution in [-0.2, 0) is 12.0 Å². The molecule has 13 heavy (non-hydrogen) atoms. The molecule has 0 N–H and O–H groups in total. The molecule has 1 fully saturated rings. The van der Waals surface area contributed by atoms with Crippen molar-refractivity contribution in [3.8, 4) is 6.07 Å². The molecule has 0 bridgehead atoms. The van der Waals surface area contributed by atoms with E-state index in [4.69, 9.17) is 5.26 Å². The van der Waals surface area contributed by atoms with Crippen molar-refractivity contribution in [1.29, 1.82) is 5.26 Å². The van der Waals surface area contributed by atoms with Crippen molar-refractivity contribution in [2.75, 3.05) is 0 Å². The van der Waals surface area contributed by atoms with Crippen molar-refractivity contribution in [3.63, 3.8) is 0 Å². The SMILES string of the molecule is C=CCn1nccc1C1(C#N)CC1. The van der Waals surface area contributed by atoms with Gasteiger partial charge in [-0.1, -0.05) is 6.08 Å². The normalized spacial score (nSPS) is 17.8. The summed E-state index contributed by atoms with van der Waals surface area (Å²) in [6, 6.07) is 4.29. The van der Waals surface area contributed by atoms with Crippen LogP contribution in [0.1, 0.15) is 18.5 Å². The Bertz CT molecular complexity index is 366. The maximum Gasteiger partial charge on any atom is 0.0991 e. The minimum Gasteiger partial charge on any atom is -0.264 e. The van der Waals surface area contributed by atoms with Gasteiger partial charge in [0.05, 0.1) is 23.7 Å². The zero-order valence-electron chi connectivity index (χ0n) is 7.40. The highest BCUT2D eigenvalue weighted by molar-refractivity contribution is 5.33. The van der Waals surface area contributed by atoms with Crippen molar-refractivity contribution in [2.45, 2.75) is 24.8 Å². The Morgan fingerprint density at radius 3 is 3.08 bits per heavy atom. The monoisotopic (exact) mass is 173 g/mol. The van der Waals surface area contributed by atoms with Gasteiger partial charge in [0.15, 0.2) is 0 Å². The molecule has 2 rings (SSSR count). The van der Waals surface area contributed by atoms with Crippen LogP contribution in [0.25, 0.3) is 0 Å². The molecule has 0 unspecified atom stereocenters. The first-order valence-electron chi connectivity index (χ1n) is 4.37. The number of nitriles is 1. The van der Waals surface area contributed by atoms with Crippen LogP contribution in [0, 0.1) is 11.3 Å². The minimum absolute atomic E-state index is 0.237. The highest BCUT2D eigenvalue weighted by Gasteiger charge is 2.47. The first-order valence-corrected chi connectivity index (χ1v) is 4.37. The summed E-state index contributed by atoms with van der Waals surface area (Å²) in [7, 11) is 0. The van der Waals surface area contributed by atoms with Gasteiger partial charge in [-0.05, 0) is 18.9 Å². The maximum absolute atomic E-state index is 9.00. The van der Waals surface area contributed by atoms with Crippen LogP contribution in [0.5, 0.6) is 0 Å². The Hall–Kier alpha value is -1.56. The molecule has 3 nitrogen and oxygen atoms in total. The molecule has 0 aromatic carbocycles. The summed E-state index contributed by atoms with van der Waals surface area (Å²) in [6.45, 7) is 4.35. The summed E-state index contributed by atoms with van der Waals surface area (Å²) in [4.78, 5) is 0. The lowest BCUT2D eigenvalue weighted by atomic mass is 10.1. The van der Waals surface area contributed by atoms with E-state index in [9.17, 15) is 0 Å². The second kappa shape index (κ2) is 2.74. The van der Waals surface area contributed by atoms with Crippen LogP contribution in [0.4, 0.5) is 0 Å². The highest BCUT2D eigenvalue weighted by Crippen LogP contribution is 2.47. The van der Waals surface area contributed by atoms with Crippen LogP contribution >= 0.6 is 0 Å². The van der Waals surface area contributed by atoms with Gasteiger partial charge >= 0.3 is 0 Å². The number of hydrogen-bond acceptors (Lipinski definition) is 2. The molecule has 0 aliphatic heterocycles. The summed E-state index contributed by atoms with van der Waals surface area (Å²) in [5, 5.41) is 13.2. The quantitative estimate of drug-likeness (QED) is 0.652. The van der Waals surface area contributed by atoms with Gasteiger partial charge in [-0.2, -0.15) is 10.4 Å². The first kappa shape index (κ1) is 8.06. The lowest BCUT2D eigenvalue weighted by Crippen LogP contribution is -2.12. The topological polar surface area (TPSA) is 41.6 Å². The second-order valence-electron chi connectivity index (χ2n) is 3.38. The average Bonchev–Trinajstić information content (AvgIpc) is 2.82. The molecule has 0 radical (unpaired) electrons. The molecule has 3 heteroatoms. The van der Waals surface area contributed by atoms with Crippen molar-refractivity contribution in [1.82, 2.24) is 9.78 Å². The standard InChI is InChI=1S/C10H11N3/c1-2-7-13-9(3-6-12-13)10(8-11)4-5-10/h2-3,6H,1,4-5,7H2. The third-order valence-corrected chi connectivity index (χ3v) is 2.47. The fourth-order valence-corrected chi connectivity index (χ4v) is 1.56. The number of hydrogen-bond donors (Lipinski definition) is 0. The predicted octanol–water partition coefficient (Wildman–Crippen LogP) is 1.62. The minimum atomic E-state index is -0.237. The van der Waals surface area contributed by atoms with Gasteiger partial charge in [0.25, 0.3) is 0 Å². The summed E-state index contributed by atoms with van der Waals surface area (Å²) < 4.78 is 1.85. The molecule has 0 spiro atoms. The lowest BCUT2D eigenvalue weighted by molar-refractivity contribution is 0.631. The molecule has 66 valence electrons. The molecule has 0 amide bonds. The van der Waals surface area contributed by atoms with Crippen LogP contribution in [0.3, 0.4) is 0 Å². The van der Waals surface area contributed by atoms with Crippen LogP contribution < -0.4 is 0 Å². The van der Waals surface area contributed by atoms with Gasteiger partial charge in [-0.15, -0.1) is 6.58 Å². The van der Waals surface area contributed by atoms with E-state index in [2.05, 4.69) is 17.7 Å². The smallest absolute Gasteiger partial charge is 0.0991 e. The molecular weight excluding hydrogens is 162 g/mol. The molecule has 0 saturated heterocycles. The maximum atomic E-state index is 9.00. The van der Waals surface area contributed by atoms with Gasteiger partial charge in [-0.25, -0.2) is 0 Å². The zero-order valence-corrected chi connectivity index (χ0v) is 7.40. The van der Waals surface area contributed by atoms with E-state index in [1.54, 1.807) is 12.3 Å². The Morgan fingerprint density at radius 2 is 2.54 bits per heavy atom. The van der Waals surface area contributed by atoms with E-state index in [0.717, 1.165) is 18.5 Å². The van der Waals surface area contributed by atoms with E-state index in [1.807, 2.05) is 10.7 Å². The van der Waals surface area contributed by atoms with Gasteiger partial charge in [-0.3, -0.25) is 4.68 Å². The Balaban J connectivity index is 2.35. The van der Waals surface area contributed by atoms with Crippen molar-refractivity contribution < 1.29 is 0 Å². The predicted molar refractivity (Wildman–Crippen MR) is 48.9 cm³/mol. The van der Waals surface area contributed by atoms with Gasteiger partial charge in [0, 0.05) is 6.20 Å². The average molecular weight is 173 g/mol. The van der Waals surface area contributed by atoms with Crippen molar-refractivity contribution in [3.05, 3.63) is 30.6 Å². The molecule has 1 aromatic heterocycles. The van der Waals surface area contributed by atoms with E-state index in [0.29, 0.717) is 6.54 Å². The summed E-state index contributed by atoms with van der Waals surface area (Å²) in [5.41, 5.74) is 0.800. The number of rotatable bonds is 3. The summed E-state index contributed by atoms with van der Waals surface area (Å²) >= 11 is 0. The Labute approximate surface area is 77.3 Å². The number of nitrogens with zero attached hydrogens (tertiary/aromatic N) is 3. The first-order chi connectivity index (χ1) is 6.32. The fourth-order valence-electron chi connectivity index (χ4n) is 1.56. The second-order valence-corrected chi connectivity index (χ2v) is 3.38. The van der Waals surface area contributed by atoms with Gasteiger partial charge in [0.2, 0.25) is 0 Å². The van der Waals surface area contributed by atoms with Crippen molar-refractivity contribution >= 4 is 0 Å². The molecule has 1 heterocycles. The molecule has 1 aliphatic rings. The number of allylic oxidation sites excluding steroid dienone is 1. The molecule has 1 saturated carbocycles. The van der Waals surface area contributed by atoms with E-state index in [1.165, 1.54) is 0 Å². The Kier molecular flexibility index (Phi) is 1.70. The molecular formula is C10H11N3. The molecule has 1 aromatic rings. The Morgan fingerprint density at radius 1 is 1.77 bits per heavy atom. The fraction of sp³-hybridized carbons (Fsp3) is 0.400.